The van der Waals surface area contributed by atoms with E-state index < -0.39 is 6.10 Å². The van der Waals surface area contributed by atoms with Crippen LogP contribution in [0.2, 0.25) is 0 Å². The van der Waals surface area contributed by atoms with Gasteiger partial charge in [0, 0.05) is 6.54 Å². The lowest BCUT2D eigenvalue weighted by atomic mass is 10.0. The van der Waals surface area contributed by atoms with Crippen LogP contribution in [-0.4, -0.2) is 32.8 Å². The van der Waals surface area contributed by atoms with Gasteiger partial charge in [0.05, 0.1) is 14.2 Å². The van der Waals surface area contributed by atoms with E-state index in [0.29, 0.717) is 18.2 Å². The molecule has 0 saturated carbocycles. The highest BCUT2D eigenvalue weighted by molar-refractivity contribution is 5.80. The van der Waals surface area contributed by atoms with Crippen molar-refractivity contribution < 1.29 is 19.0 Å². The van der Waals surface area contributed by atoms with E-state index in [9.17, 15) is 4.79 Å². The van der Waals surface area contributed by atoms with E-state index in [0.717, 1.165) is 35.5 Å². The van der Waals surface area contributed by atoms with Gasteiger partial charge in [0.1, 0.15) is 5.75 Å². The van der Waals surface area contributed by atoms with Gasteiger partial charge < -0.3 is 19.5 Å². The molecule has 2 rings (SSSR count). The van der Waals surface area contributed by atoms with Crippen LogP contribution in [0.3, 0.4) is 0 Å². The van der Waals surface area contributed by atoms with Crippen LogP contribution >= 0.6 is 0 Å². The van der Waals surface area contributed by atoms with Crippen molar-refractivity contribution in [3.8, 4) is 17.2 Å². The Bertz CT molecular complexity index is 773. The molecule has 0 aromatic heterocycles. The first-order chi connectivity index (χ1) is 13.5. The topological polar surface area (TPSA) is 56.8 Å². The van der Waals surface area contributed by atoms with Crippen molar-refractivity contribution in [2.45, 2.75) is 45.6 Å². The average Bonchev–Trinajstić information content (AvgIpc) is 2.70. The zero-order valence-electron chi connectivity index (χ0n) is 17.5. The number of carbonyl (C=O) groups excluding carboxylic acids is 1. The molecule has 5 nitrogen and oxygen atoms in total. The SMILES string of the molecule is COc1ccc(CCCNC(=O)[C@@H](C)Oc2ccccc2C(C)C)cc1OC. The second kappa shape index (κ2) is 10.6. The zero-order valence-corrected chi connectivity index (χ0v) is 17.5. The standard InChI is InChI=1S/C23H31NO4/c1-16(2)19-10-6-7-11-20(19)28-17(3)23(25)24-14-8-9-18-12-13-21(26-4)22(15-18)27-5/h6-7,10-13,15-17H,8-9,14H2,1-5H3,(H,24,25)/t17-/m1/s1. The van der Waals surface area contributed by atoms with E-state index in [1.165, 1.54) is 0 Å². The molecular weight excluding hydrogens is 354 g/mol. The lowest BCUT2D eigenvalue weighted by Gasteiger charge is -2.18. The molecule has 5 heteroatoms. The first kappa shape index (κ1) is 21.6. The van der Waals surface area contributed by atoms with E-state index in [-0.39, 0.29) is 5.91 Å². The number of rotatable bonds is 10. The Morgan fingerprint density at radius 3 is 2.36 bits per heavy atom. The van der Waals surface area contributed by atoms with E-state index in [4.69, 9.17) is 14.2 Å². The summed E-state index contributed by atoms with van der Waals surface area (Å²) >= 11 is 0. The molecule has 2 aromatic rings. The van der Waals surface area contributed by atoms with Gasteiger partial charge in [-0.2, -0.15) is 0 Å². The molecule has 0 heterocycles. The number of para-hydroxylation sites is 1. The summed E-state index contributed by atoms with van der Waals surface area (Å²) in [6, 6.07) is 13.7. The van der Waals surface area contributed by atoms with Crippen molar-refractivity contribution in [1.82, 2.24) is 5.32 Å². The van der Waals surface area contributed by atoms with Crippen LogP contribution in [0.1, 0.15) is 44.2 Å². The quantitative estimate of drug-likeness (QED) is 0.618. The summed E-state index contributed by atoms with van der Waals surface area (Å²) < 4.78 is 16.5. The summed E-state index contributed by atoms with van der Waals surface area (Å²) in [4.78, 5) is 12.4. The van der Waals surface area contributed by atoms with Gasteiger partial charge in [0.25, 0.3) is 5.91 Å². The number of carbonyl (C=O) groups is 1. The molecule has 0 bridgehead atoms. The van der Waals surface area contributed by atoms with E-state index >= 15 is 0 Å². The highest BCUT2D eigenvalue weighted by Gasteiger charge is 2.16. The van der Waals surface area contributed by atoms with E-state index in [2.05, 4.69) is 19.2 Å². The first-order valence-electron chi connectivity index (χ1n) is 9.70. The molecule has 0 aliphatic rings. The van der Waals surface area contributed by atoms with Crippen LogP contribution in [0.25, 0.3) is 0 Å². The van der Waals surface area contributed by atoms with Crippen molar-refractivity contribution >= 4 is 5.91 Å². The van der Waals surface area contributed by atoms with Gasteiger partial charge in [0.2, 0.25) is 0 Å². The number of ether oxygens (including phenoxy) is 3. The number of nitrogens with one attached hydrogen (secondary N) is 1. The normalized spacial score (nSPS) is 11.8. The molecular formula is C23H31NO4. The monoisotopic (exact) mass is 385 g/mol. The Labute approximate surface area is 168 Å². The van der Waals surface area contributed by atoms with Crippen LogP contribution in [0.5, 0.6) is 17.2 Å². The van der Waals surface area contributed by atoms with Gasteiger partial charge in [-0.1, -0.05) is 38.1 Å². The molecule has 0 aliphatic heterocycles. The fraction of sp³-hybridized carbons (Fsp3) is 0.435. The smallest absolute Gasteiger partial charge is 0.260 e. The first-order valence-corrected chi connectivity index (χ1v) is 9.70. The largest absolute Gasteiger partial charge is 0.493 e. The minimum absolute atomic E-state index is 0.106. The summed E-state index contributed by atoms with van der Waals surface area (Å²) in [6.07, 6.45) is 1.13. The Hall–Kier alpha value is -2.69. The van der Waals surface area contributed by atoms with Gasteiger partial charge in [-0.15, -0.1) is 0 Å². The molecule has 1 N–H and O–H groups in total. The highest BCUT2D eigenvalue weighted by Crippen LogP contribution is 2.28. The number of hydrogen-bond acceptors (Lipinski definition) is 4. The van der Waals surface area contributed by atoms with E-state index in [1.807, 2.05) is 42.5 Å². The third-order valence-corrected chi connectivity index (χ3v) is 4.60. The molecule has 0 aliphatic carbocycles. The molecule has 0 radical (unpaired) electrons. The van der Waals surface area contributed by atoms with Gasteiger partial charge in [-0.05, 0) is 55.0 Å². The van der Waals surface area contributed by atoms with E-state index in [1.54, 1.807) is 21.1 Å². The fourth-order valence-corrected chi connectivity index (χ4v) is 2.99. The molecule has 0 fully saturated rings. The van der Waals surface area contributed by atoms with Crippen LogP contribution < -0.4 is 19.5 Å². The average molecular weight is 386 g/mol. The van der Waals surface area contributed by atoms with Crippen molar-refractivity contribution in [2.24, 2.45) is 0 Å². The molecule has 152 valence electrons. The molecule has 0 saturated heterocycles. The van der Waals surface area contributed by atoms with Crippen LogP contribution in [0, 0.1) is 0 Å². The van der Waals surface area contributed by atoms with Crippen LogP contribution in [-0.2, 0) is 11.2 Å². The number of methoxy groups -OCH3 is 2. The second-order valence-corrected chi connectivity index (χ2v) is 7.04. The van der Waals surface area contributed by atoms with Crippen LogP contribution in [0.4, 0.5) is 0 Å². The van der Waals surface area contributed by atoms with Crippen molar-refractivity contribution in [3.63, 3.8) is 0 Å². The Morgan fingerprint density at radius 1 is 0.964 bits per heavy atom. The molecule has 0 unspecified atom stereocenters. The van der Waals surface area contributed by atoms with Crippen molar-refractivity contribution in [1.29, 1.82) is 0 Å². The summed E-state index contributed by atoms with van der Waals surface area (Å²) in [5, 5.41) is 2.95. The number of amides is 1. The minimum atomic E-state index is -0.541. The van der Waals surface area contributed by atoms with Gasteiger partial charge in [-0.3, -0.25) is 4.79 Å². The predicted octanol–water partition coefficient (Wildman–Crippen LogP) is 4.34. The zero-order chi connectivity index (χ0) is 20.5. The lowest BCUT2D eigenvalue weighted by molar-refractivity contribution is -0.127. The molecule has 28 heavy (non-hydrogen) atoms. The fourth-order valence-electron chi connectivity index (χ4n) is 2.99. The maximum Gasteiger partial charge on any atom is 0.260 e. The molecule has 1 atom stereocenters. The Kier molecular flexibility index (Phi) is 8.18. The Morgan fingerprint density at radius 2 is 1.68 bits per heavy atom. The summed E-state index contributed by atoms with van der Waals surface area (Å²) in [6.45, 7) is 6.59. The molecule has 2 aromatic carbocycles. The minimum Gasteiger partial charge on any atom is -0.493 e. The highest BCUT2D eigenvalue weighted by atomic mass is 16.5. The van der Waals surface area contributed by atoms with Crippen molar-refractivity contribution in [3.05, 3.63) is 53.6 Å². The van der Waals surface area contributed by atoms with Gasteiger partial charge in [-0.25, -0.2) is 0 Å². The number of hydrogen-bond donors (Lipinski definition) is 1. The molecule has 0 spiro atoms. The third kappa shape index (κ3) is 5.91. The Balaban J connectivity index is 1.81. The predicted molar refractivity (Wildman–Crippen MR) is 111 cm³/mol. The third-order valence-electron chi connectivity index (χ3n) is 4.60. The maximum atomic E-state index is 12.4. The lowest BCUT2D eigenvalue weighted by Crippen LogP contribution is -2.37. The van der Waals surface area contributed by atoms with Crippen LogP contribution in [0.15, 0.2) is 42.5 Å². The van der Waals surface area contributed by atoms with Gasteiger partial charge in [0.15, 0.2) is 17.6 Å². The summed E-state index contributed by atoms with van der Waals surface area (Å²) in [7, 11) is 3.25. The summed E-state index contributed by atoms with van der Waals surface area (Å²) in [5.74, 6) is 2.44. The van der Waals surface area contributed by atoms with Crippen molar-refractivity contribution in [2.75, 3.05) is 20.8 Å². The maximum absolute atomic E-state index is 12.4. The second-order valence-electron chi connectivity index (χ2n) is 7.04. The number of aryl methyl sites for hydroxylation is 1. The van der Waals surface area contributed by atoms with Gasteiger partial charge >= 0.3 is 0 Å². The number of benzene rings is 2. The molecule has 1 amide bonds. The summed E-state index contributed by atoms with van der Waals surface area (Å²) in [5.41, 5.74) is 2.25.